The fourth-order valence-electron chi connectivity index (χ4n) is 2.38. The molecule has 0 fully saturated rings. The minimum absolute atomic E-state index is 0.251. The highest BCUT2D eigenvalue weighted by Crippen LogP contribution is 2.31. The van der Waals surface area contributed by atoms with Gasteiger partial charge >= 0.3 is 0 Å². The summed E-state index contributed by atoms with van der Waals surface area (Å²) in [6.07, 6.45) is 2.80. The number of benzene rings is 1. The van der Waals surface area contributed by atoms with Crippen LogP contribution in [0.2, 0.25) is 0 Å². The summed E-state index contributed by atoms with van der Waals surface area (Å²) < 4.78 is 44.2. The fourth-order valence-corrected chi connectivity index (χ4v) is 3.94. The van der Waals surface area contributed by atoms with Crippen molar-refractivity contribution in [3.63, 3.8) is 0 Å². The number of aromatic nitrogens is 1. The summed E-state index contributed by atoms with van der Waals surface area (Å²) in [5.41, 5.74) is 1.62. The third-order valence-electron chi connectivity index (χ3n) is 3.28. The van der Waals surface area contributed by atoms with Crippen molar-refractivity contribution in [1.82, 2.24) is 5.16 Å². The highest BCUT2D eigenvalue weighted by atomic mass is 32.2. The summed E-state index contributed by atoms with van der Waals surface area (Å²) in [4.78, 5) is 0. The molecular weight excluding hydrogens is 283 g/mol. The van der Waals surface area contributed by atoms with E-state index in [0.29, 0.717) is 17.9 Å². The Morgan fingerprint density at radius 2 is 2.20 bits per heavy atom. The Bertz CT molecular complexity index is 713. The predicted molar refractivity (Wildman–Crippen MR) is 71.2 cm³/mol. The molecule has 1 aliphatic heterocycles. The largest absolute Gasteiger partial charge is 0.364 e. The van der Waals surface area contributed by atoms with Gasteiger partial charge in [0, 0.05) is 12.6 Å². The lowest BCUT2D eigenvalue weighted by molar-refractivity contribution is 0.413. The number of rotatable bonds is 3. The molecule has 5 nitrogen and oxygen atoms in total. The van der Waals surface area contributed by atoms with Gasteiger partial charge in [0.05, 0.1) is 5.69 Å². The SMILES string of the molecule is O=S(=O)(Cc1ccon1)N1CCCc2ccc(F)cc21. The van der Waals surface area contributed by atoms with Crippen LogP contribution in [0, 0.1) is 5.82 Å². The van der Waals surface area contributed by atoms with Crippen LogP contribution in [0.15, 0.2) is 35.1 Å². The van der Waals surface area contributed by atoms with Gasteiger partial charge in [-0.25, -0.2) is 12.8 Å². The molecule has 0 amide bonds. The van der Waals surface area contributed by atoms with Gasteiger partial charge in [-0.2, -0.15) is 0 Å². The van der Waals surface area contributed by atoms with Crippen LogP contribution in [0.3, 0.4) is 0 Å². The van der Waals surface area contributed by atoms with E-state index in [1.54, 1.807) is 6.07 Å². The Morgan fingerprint density at radius 3 is 2.95 bits per heavy atom. The number of anilines is 1. The minimum atomic E-state index is -3.59. The van der Waals surface area contributed by atoms with Gasteiger partial charge in [-0.3, -0.25) is 4.31 Å². The van der Waals surface area contributed by atoms with E-state index in [4.69, 9.17) is 0 Å². The van der Waals surface area contributed by atoms with Gasteiger partial charge in [-0.05, 0) is 30.5 Å². The van der Waals surface area contributed by atoms with Crippen LogP contribution in [0.1, 0.15) is 17.7 Å². The van der Waals surface area contributed by atoms with Crippen LogP contribution in [-0.4, -0.2) is 20.1 Å². The molecule has 0 atom stereocenters. The van der Waals surface area contributed by atoms with Gasteiger partial charge in [0.15, 0.2) is 0 Å². The lowest BCUT2D eigenvalue weighted by Gasteiger charge is -2.30. The monoisotopic (exact) mass is 296 g/mol. The Balaban J connectivity index is 1.97. The lowest BCUT2D eigenvalue weighted by atomic mass is 10.0. The van der Waals surface area contributed by atoms with E-state index in [9.17, 15) is 12.8 Å². The molecule has 0 spiro atoms. The van der Waals surface area contributed by atoms with E-state index in [0.717, 1.165) is 18.4 Å². The molecule has 0 aliphatic carbocycles. The van der Waals surface area contributed by atoms with Crippen LogP contribution in [0.5, 0.6) is 0 Å². The second-order valence-electron chi connectivity index (χ2n) is 4.70. The van der Waals surface area contributed by atoms with Crippen molar-refractivity contribution in [2.45, 2.75) is 18.6 Å². The molecule has 0 saturated carbocycles. The average Bonchev–Trinajstić information content (AvgIpc) is 2.90. The number of nitrogens with zero attached hydrogens (tertiary/aromatic N) is 2. The minimum Gasteiger partial charge on any atom is -0.364 e. The van der Waals surface area contributed by atoms with Crippen LogP contribution >= 0.6 is 0 Å². The third kappa shape index (κ3) is 2.40. The molecule has 2 aromatic rings. The first-order valence-corrected chi connectivity index (χ1v) is 7.85. The number of sulfonamides is 1. The maximum Gasteiger partial charge on any atom is 0.241 e. The molecule has 1 aromatic carbocycles. The van der Waals surface area contributed by atoms with E-state index in [1.807, 2.05) is 0 Å². The van der Waals surface area contributed by atoms with Crippen LogP contribution in [-0.2, 0) is 22.2 Å². The van der Waals surface area contributed by atoms with Gasteiger partial charge in [0.2, 0.25) is 10.0 Å². The summed E-state index contributed by atoms with van der Waals surface area (Å²) in [7, 11) is -3.59. The number of hydrogen-bond acceptors (Lipinski definition) is 4. The summed E-state index contributed by atoms with van der Waals surface area (Å²) in [5.74, 6) is -0.688. The van der Waals surface area contributed by atoms with Gasteiger partial charge in [0.1, 0.15) is 23.5 Å². The molecule has 106 valence electrons. The molecule has 3 rings (SSSR count). The van der Waals surface area contributed by atoms with Crippen molar-refractivity contribution in [1.29, 1.82) is 0 Å². The summed E-state index contributed by atoms with van der Waals surface area (Å²) in [6.45, 7) is 0.358. The molecule has 0 bridgehead atoms. The molecule has 1 aliphatic rings. The topological polar surface area (TPSA) is 63.4 Å². The van der Waals surface area contributed by atoms with Crippen molar-refractivity contribution in [3.05, 3.63) is 47.6 Å². The van der Waals surface area contributed by atoms with Crippen molar-refractivity contribution < 1.29 is 17.3 Å². The van der Waals surface area contributed by atoms with Crippen LogP contribution in [0.4, 0.5) is 10.1 Å². The van der Waals surface area contributed by atoms with Crippen LogP contribution in [0.25, 0.3) is 0 Å². The zero-order chi connectivity index (χ0) is 14.2. The molecule has 1 aromatic heterocycles. The lowest BCUT2D eigenvalue weighted by Crippen LogP contribution is -2.36. The average molecular weight is 296 g/mol. The van der Waals surface area contributed by atoms with E-state index in [1.165, 1.54) is 28.8 Å². The highest BCUT2D eigenvalue weighted by molar-refractivity contribution is 7.92. The molecule has 7 heteroatoms. The molecule has 0 unspecified atom stereocenters. The molecule has 0 saturated heterocycles. The van der Waals surface area contributed by atoms with Crippen molar-refractivity contribution in [2.75, 3.05) is 10.8 Å². The van der Waals surface area contributed by atoms with Gasteiger partial charge in [-0.15, -0.1) is 0 Å². The maximum atomic E-state index is 13.4. The number of aryl methyl sites for hydroxylation is 1. The Kier molecular flexibility index (Phi) is 3.21. The standard InChI is InChI=1S/C13H13FN2O3S/c14-11-4-3-10-2-1-6-16(13(10)8-11)20(17,18)9-12-5-7-19-15-12/h3-5,7-8H,1-2,6,9H2. The molecule has 0 radical (unpaired) electrons. The summed E-state index contributed by atoms with van der Waals surface area (Å²) >= 11 is 0. The first-order valence-electron chi connectivity index (χ1n) is 6.24. The molecule has 0 N–H and O–H groups in total. The van der Waals surface area contributed by atoms with Gasteiger partial charge < -0.3 is 4.52 Å². The summed E-state index contributed by atoms with van der Waals surface area (Å²) in [6, 6.07) is 5.78. The van der Waals surface area contributed by atoms with E-state index in [2.05, 4.69) is 9.68 Å². The zero-order valence-electron chi connectivity index (χ0n) is 10.6. The fraction of sp³-hybridized carbons (Fsp3) is 0.308. The van der Waals surface area contributed by atoms with Crippen molar-refractivity contribution in [3.8, 4) is 0 Å². The van der Waals surface area contributed by atoms with Crippen LogP contribution < -0.4 is 4.31 Å². The second kappa shape index (κ2) is 4.90. The third-order valence-corrected chi connectivity index (χ3v) is 4.99. The number of fused-ring (bicyclic) bond motifs is 1. The zero-order valence-corrected chi connectivity index (χ0v) is 11.4. The molecule has 20 heavy (non-hydrogen) atoms. The Morgan fingerprint density at radius 1 is 1.35 bits per heavy atom. The first kappa shape index (κ1) is 13.1. The number of halogens is 1. The van der Waals surface area contributed by atoms with Gasteiger partial charge in [0.25, 0.3) is 0 Å². The quantitative estimate of drug-likeness (QED) is 0.870. The van der Waals surface area contributed by atoms with E-state index in [-0.39, 0.29) is 5.75 Å². The smallest absolute Gasteiger partial charge is 0.241 e. The van der Waals surface area contributed by atoms with Crippen molar-refractivity contribution in [2.24, 2.45) is 0 Å². The Hall–Kier alpha value is -1.89. The summed E-state index contributed by atoms with van der Waals surface area (Å²) in [5, 5.41) is 3.61. The predicted octanol–water partition coefficient (Wildman–Crippen LogP) is 2.10. The number of hydrogen-bond donors (Lipinski definition) is 0. The second-order valence-corrected chi connectivity index (χ2v) is 6.59. The normalized spacial score (nSPS) is 15.2. The Labute approximate surface area is 116 Å². The first-order chi connectivity index (χ1) is 9.56. The van der Waals surface area contributed by atoms with E-state index >= 15 is 0 Å². The maximum absolute atomic E-state index is 13.4. The molecule has 2 heterocycles. The molecular formula is C13H13FN2O3S. The van der Waals surface area contributed by atoms with Gasteiger partial charge in [-0.1, -0.05) is 11.2 Å². The van der Waals surface area contributed by atoms with E-state index < -0.39 is 15.8 Å². The highest BCUT2D eigenvalue weighted by Gasteiger charge is 2.28. The van der Waals surface area contributed by atoms with Crippen molar-refractivity contribution >= 4 is 15.7 Å².